The van der Waals surface area contributed by atoms with E-state index in [9.17, 15) is 4.79 Å². The van der Waals surface area contributed by atoms with Crippen LogP contribution in [0.4, 0.5) is 0 Å². The maximum Gasteiger partial charge on any atom is 0.277 e. The van der Waals surface area contributed by atoms with Gasteiger partial charge in [0.1, 0.15) is 5.75 Å². The number of halogens is 2. The molecule has 1 N–H and O–H groups in total. The largest absolute Gasteiger partial charge is 0.484 e. The van der Waals surface area contributed by atoms with Crippen molar-refractivity contribution in [3.8, 4) is 5.75 Å². The summed E-state index contributed by atoms with van der Waals surface area (Å²) in [4.78, 5) is 11.6. The summed E-state index contributed by atoms with van der Waals surface area (Å²) in [5.41, 5.74) is 4.33. The second-order valence-corrected chi connectivity index (χ2v) is 6.25. The number of nitrogens with one attached hydrogen (secondary N) is 1. The van der Waals surface area contributed by atoms with Gasteiger partial charge < -0.3 is 4.74 Å². The molecular formula is C18H16BrClN2O2. The molecule has 0 unspecified atom stereocenters. The Morgan fingerprint density at radius 1 is 1.29 bits per heavy atom. The molecule has 0 radical (unpaired) electrons. The molecule has 0 atom stereocenters. The molecule has 124 valence electrons. The van der Waals surface area contributed by atoms with Gasteiger partial charge in [-0.3, -0.25) is 4.79 Å². The lowest BCUT2D eigenvalue weighted by Gasteiger charge is -2.06. The minimum Gasteiger partial charge on any atom is -0.484 e. The molecule has 6 heteroatoms. The molecule has 0 saturated carbocycles. The molecule has 0 aromatic heterocycles. The Morgan fingerprint density at radius 2 is 2.04 bits per heavy atom. The van der Waals surface area contributed by atoms with Crippen LogP contribution in [-0.4, -0.2) is 18.7 Å². The topological polar surface area (TPSA) is 50.7 Å². The third-order valence-corrected chi connectivity index (χ3v) is 3.96. The summed E-state index contributed by atoms with van der Waals surface area (Å²) in [6.07, 6.45) is 5.13. The van der Waals surface area contributed by atoms with E-state index in [1.54, 1.807) is 24.3 Å². The fourth-order valence-electron chi connectivity index (χ4n) is 1.77. The van der Waals surface area contributed by atoms with E-state index in [1.165, 1.54) is 6.21 Å². The second-order valence-electron chi connectivity index (χ2n) is 4.92. The molecule has 0 aliphatic heterocycles. The number of nitrogens with zero attached hydrogens (tertiary/aromatic N) is 1. The smallest absolute Gasteiger partial charge is 0.277 e. The minimum atomic E-state index is -0.337. The molecule has 2 aromatic rings. The highest BCUT2D eigenvalue weighted by Gasteiger charge is 2.02. The lowest BCUT2D eigenvalue weighted by atomic mass is 10.2. The molecule has 0 aliphatic carbocycles. The summed E-state index contributed by atoms with van der Waals surface area (Å²) in [6, 6.07) is 13.1. The van der Waals surface area contributed by atoms with Crippen LogP contribution in [-0.2, 0) is 4.79 Å². The molecule has 2 rings (SSSR count). The van der Waals surface area contributed by atoms with Crippen molar-refractivity contribution in [1.29, 1.82) is 0 Å². The normalized spacial score (nSPS) is 11.1. The van der Waals surface area contributed by atoms with Crippen molar-refractivity contribution in [2.24, 2.45) is 5.10 Å². The Labute approximate surface area is 154 Å². The van der Waals surface area contributed by atoms with E-state index in [-0.39, 0.29) is 12.5 Å². The highest BCUT2D eigenvalue weighted by Crippen LogP contribution is 2.20. The van der Waals surface area contributed by atoms with E-state index < -0.39 is 0 Å². The third-order valence-electron chi connectivity index (χ3n) is 3.01. The number of carbonyl (C=O) groups is 1. The van der Waals surface area contributed by atoms with Crippen molar-refractivity contribution in [2.75, 3.05) is 6.61 Å². The Morgan fingerprint density at radius 3 is 2.75 bits per heavy atom. The van der Waals surface area contributed by atoms with Crippen molar-refractivity contribution in [3.05, 3.63) is 69.2 Å². The van der Waals surface area contributed by atoms with Crippen LogP contribution in [0.25, 0.3) is 6.08 Å². The van der Waals surface area contributed by atoms with Crippen molar-refractivity contribution in [3.63, 3.8) is 0 Å². The number of hydrogen-bond donors (Lipinski definition) is 1. The van der Waals surface area contributed by atoms with Gasteiger partial charge in [0, 0.05) is 15.7 Å². The highest BCUT2D eigenvalue weighted by molar-refractivity contribution is 9.10. The Hall–Kier alpha value is -2.11. The molecule has 0 aliphatic rings. The predicted octanol–water partition coefficient (Wildman–Crippen LogP) is 4.61. The van der Waals surface area contributed by atoms with Crippen molar-refractivity contribution in [2.45, 2.75) is 6.92 Å². The highest BCUT2D eigenvalue weighted by atomic mass is 79.9. The predicted molar refractivity (Wildman–Crippen MR) is 101 cm³/mol. The maximum absolute atomic E-state index is 11.6. The molecule has 0 spiro atoms. The molecule has 0 bridgehead atoms. The van der Waals surface area contributed by atoms with Crippen LogP contribution in [0.5, 0.6) is 5.75 Å². The number of amides is 1. The maximum atomic E-state index is 11.6. The first-order valence-electron chi connectivity index (χ1n) is 7.17. The summed E-state index contributed by atoms with van der Waals surface area (Å²) >= 11 is 9.31. The van der Waals surface area contributed by atoms with E-state index in [0.717, 1.165) is 15.6 Å². The van der Waals surface area contributed by atoms with E-state index in [1.807, 2.05) is 37.3 Å². The SMILES string of the molecule is Cc1cc(OCC(=O)N/N=C/C=C/c2ccc(Br)cc2)ccc1Cl. The molecular weight excluding hydrogens is 392 g/mol. The fourth-order valence-corrected chi connectivity index (χ4v) is 2.15. The molecule has 4 nitrogen and oxygen atoms in total. The van der Waals surface area contributed by atoms with Gasteiger partial charge in [0.15, 0.2) is 6.61 Å². The summed E-state index contributed by atoms with van der Waals surface area (Å²) in [6.45, 7) is 1.76. The molecule has 2 aromatic carbocycles. The van der Waals surface area contributed by atoms with Gasteiger partial charge in [0.25, 0.3) is 5.91 Å². The van der Waals surface area contributed by atoms with Gasteiger partial charge in [-0.1, -0.05) is 45.7 Å². The first-order valence-corrected chi connectivity index (χ1v) is 8.35. The number of carbonyl (C=O) groups excluding carboxylic acids is 1. The monoisotopic (exact) mass is 406 g/mol. The Bertz CT molecular complexity index is 758. The number of rotatable bonds is 6. The molecule has 1 amide bonds. The van der Waals surface area contributed by atoms with Crippen molar-refractivity contribution in [1.82, 2.24) is 5.43 Å². The number of benzene rings is 2. The standard InChI is InChI=1S/C18H16BrClN2O2/c1-13-11-16(8-9-17(13)20)24-12-18(23)22-21-10-2-3-14-4-6-15(19)7-5-14/h2-11H,12H2,1H3,(H,22,23)/b3-2+,21-10+. The van der Waals surface area contributed by atoms with Crippen molar-refractivity contribution >= 4 is 45.7 Å². The van der Waals surface area contributed by atoms with Crippen LogP contribution < -0.4 is 10.2 Å². The van der Waals surface area contributed by atoms with Gasteiger partial charge in [-0.05, 0) is 54.5 Å². The van der Waals surface area contributed by atoms with Crippen LogP contribution in [0.3, 0.4) is 0 Å². The zero-order valence-corrected chi connectivity index (χ0v) is 15.3. The summed E-state index contributed by atoms with van der Waals surface area (Å²) in [5, 5.41) is 4.49. The van der Waals surface area contributed by atoms with Gasteiger partial charge in [0.05, 0.1) is 0 Å². The molecule has 24 heavy (non-hydrogen) atoms. The number of aryl methyl sites for hydroxylation is 1. The van der Waals surface area contributed by atoms with Crippen LogP contribution in [0.15, 0.2) is 58.1 Å². The van der Waals surface area contributed by atoms with Crippen LogP contribution in [0, 0.1) is 6.92 Å². The lowest BCUT2D eigenvalue weighted by molar-refractivity contribution is -0.123. The summed E-state index contributed by atoms with van der Waals surface area (Å²) < 4.78 is 6.40. The fraction of sp³-hybridized carbons (Fsp3) is 0.111. The van der Waals surface area contributed by atoms with Crippen molar-refractivity contribution < 1.29 is 9.53 Å². The van der Waals surface area contributed by atoms with Gasteiger partial charge in [0.2, 0.25) is 0 Å². The summed E-state index contributed by atoms with van der Waals surface area (Å²) in [5.74, 6) is 0.252. The van der Waals surface area contributed by atoms with Gasteiger partial charge in [-0.25, -0.2) is 5.43 Å². The second kappa shape index (κ2) is 9.25. The van der Waals surface area contributed by atoms with Gasteiger partial charge in [-0.2, -0.15) is 5.10 Å². The van der Waals surface area contributed by atoms with E-state index >= 15 is 0 Å². The third kappa shape index (κ3) is 6.18. The lowest BCUT2D eigenvalue weighted by Crippen LogP contribution is -2.24. The molecule has 0 saturated heterocycles. The Kier molecular flexibility index (Phi) is 7.03. The van der Waals surface area contributed by atoms with E-state index in [4.69, 9.17) is 16.3 Å². The number of hydrogen-bond acceptors (Lipinski definition) is 3. The first-order chi connectivity index (χ1) is 11.5. The molecule has 0 heterocycles. The average Bonchev–Trinajstić information content (AvgIpc) is 2.57. The number of ether oxygens (including phenoxy) is 1. The average molecular weight is 408 g/mol. The van der Waals surface area contributed by atoms with E-state index in [2.05, 4.69) is 26.5 Å². The van der Waals surface area contributed by atoms with Crippen LogP contribution in [0.2, 0.25) is 5.02 Å². The zero-order valence-electron chi connectivity index (χ0n) is 13.0. The first kappa shape index (κ1) is 18.2. The van der Waals surface area contributed by atoms with Crippen LogP contribution >= 0.6 is 27.5 Å². The van der Waals surface area contributed by atoms with E-state index in [0.29, 0.717) is 10.8 Å². The zero-order chi connectivity index (χ0) is 17.4. The van der Waals surface area contributed by atoms with Gasteiger partial charge in [-0.15, -0.1) is 0 Å². The number of hydrazone groups is 1. The van der Waals surface area contributed by atoms with Gasteiger partial charge >= 0.3 is 0 Å². The number of allylic oxidation sites excluding steroid dienone is 1. The minimum absolute atomic E-state index is 0.116. The molecule has 0 fully saturated rings. The Balaban J connectivity index is 1.74. The quantitative estimate of drug-likeness (QED) is 0.562. The van der Waals surface area contributed by atoms with Crippen LogP contribution in [0.1, 0.15) is 11.1 Å². The summed E-state index contributed by atoms with van der Waals surface area (Å²) in [7, 11) is 0.